The normalized spacial score (nSPS) is 18.9. The van der Waals surface area contributed by atoms with Crippen LogP contribution in [0.4, 0.5) is 0 Å². The quantitative estimate of drug-likeness (QED) is 0.430. The molecule has 0 bridgehead atoms. The fourth-order valence-electron chi connectivity index (χ4n) is 4.82. The van der Waals surface area contributed by atoms with E-state index in [1.165, 1.54) is 19.3 Å². The smallest absolute Gasteiger partial charge is 0.261 e. The zero-order valence-electron chi connectivity index (χ0n) is 19.9. The number of pyridine rings is 1. The molecule has 0 spiro atoms. The molecule has 8 heteroatoms. The molecule has 1 saturated heterocycles. The molecule has 0 aliphatic carbocycles. The van der Waals surface area contributed by atoms with Crippen LogP contribution in [0.3, 0.4) is 0 Å². The molecule has 1 aromatic carbocycles. The Labute approximate surface area is 198 Å². The van der Waals surface area contributed by atoms with Crippen LogP contribution in [0.5, 0.6) is 11.5 Å². The van der Waals surface area contributed by atoms with Crippen LogP contribution in [0.2, 0.25) is 0 Å². The van der Waals surface area contributed by atoms with Gasteiger partial charge in [0.2, 0.25) is 0 Å². The summed E-state index contributed by atoms with van der Waals surface area (Å²) in [6, 6.07) is 10.2. The van der Waals surface area contributed by atoms with E-state index >= 15 is 0 Å². The summed E-state index contributed by atoms with van der Waals surface area (Å²) in [5, 5.41) is 4.76. The van der Waals surface area contributed by atoms with Gasteiger partial charge in [0.1, 0.15) is 11.5 Å². The van der Waals surface area contributed by atoms with Gasteiger partial charge in [-0.2, -0.15) is 5.10 Å². The Bertz CT molecular complexity index is 1350. The van der Waals surface area contributed by atoms with Gasteiger partial charge in [0.25, 0.3) is 5.56 Å². The van der Waals surface area contributed by atoms with Crippen LogP contribution >= 0.6 is 0 Å². The van der Waals surface area contributed by atoms with Crippen molar-refractivity contribution in [2.24, 2.45) is 7.05 Å². The van der Waals surface area contributed by atoms with Gasteiger partial charge in [0.05, 0.1) is 29.1 Å². The average Bonchev–Trinajstić information content (AvgIpc) is 3.27. The summed E-state index contributed by atoms with van der Waals surface area (Å²) < 4.78 is 9.53. The minimum absolute atomic E-state index is 0.0430. The topological polar surface area (TPSA) is 78.1 Å². The molecule has 1 fully saturated rings. The second kappa shape index (κ2) is 9.38. The Hall–Kier alpha value is -3.52. The van der Waals surface area contributed by atoms with E-state index in [1.54, 1.807) is 40.1 Å². The maximum Gasteiger partial charge on any atom is 0.261 e. The zero-order valence-corrected chi connectivity index (χ0v) is 19.9. The Morgan fingerprint density at radius 1 is 1.03 bits per heavy atom. The standard InChI is InChI=1S/C26H30N6O2/c1-18-5-4-6-19(2)32(18)12-11-31-17-28-24-8-7-21(13-23(24)26(31)33)34-22-9-10-27-25(14-22)20-15-29-30(3)16-20/h7-10,13-19H,4-6,11-12H2,1-3H3/t18-,19+. The van der Waals surface area contributed by atoms with Gasteiger partial charge in [-0.25, -0.2) is 4.98 Å². The molecule has 2 atom stereocenters. The molecule has 0 saturated carbocycles. The minimum Gasteiger partial charge on any atom is -0.457 e. The fraction of sp³-hybridized carbons (Fsp3) is 0.385. The van der Waals surface area contributed by atoms with Crippen molar-refractivity contribution in [2.45, 2.75) is 51.7 Å². The van der Waals surface area contributed by atoms with Crippen LogP contribution in [-0.2, 0) is 13.6 Å². The molecule has 8 nitrogen and oxygen atoms in total. The molecule has 4 aromatic rings. The van der Waals surface area contributed by atoms with Gasteiger partial charge in [-0.1, -0.05) is 6.42 Å². The number of piperidine rings is 1. The first kappa shape index (κ1) is 22.3. The molecule has 4 heterocycles. The van der Waals surface area contributed by atoms with Crippen LogP contribution in [0, 0.1) is 0 Å². The van der Waals surface area contributed by atoms with Crippen molar-refractivity contribution in [3.63, 3.8) is 0 Å². The van der Waals surface area contributed by atoms with Gasteiger partial charge < -0.3 is 4.74 Å². The molecule has 34 heavy (non-hydrogen) atoms. The van der Waals surface area contributed by atoms with Crippen LogP contribution < -0.4 is 10.3 Å². The highest BCUT2D eigenvalue weighted by Gasteiger charge is 2.24. The summed E-state index contributed by atoms with van der Waals surface area (Å²) in [6.45, 7) is 6.03. The van der Waals surface area contributed by atoms with Crippen molar-refractivity contribution in [1.29, 1.82) is 0 Å². The molecule has 0 unspecified atom stereocenters. The summed E-state index contributed by atoms with van der Waals surface area (Å²) in [7, 11) is 1.87. The van der Waals surface area contributed by atoms with Crippen molar-refractivity contribution < 1.29 is 4.74 Å². The van der Waals surface area contributed by atoms with E-state index in [2.05, 4.69) is 33.8 Å². The van der Waals surface area contributed by atoms with E-state index in [9.17, 15) is 4.79 Å². The lowest BCUT2D eigenvalue weighted by Gasteiger charge is -2.39. The highest BCUT2D eigenvalue weighted by atomic mass is 16.5. The van der Waals surface area contributed by atoms with Crippen LogP contribution in [0.1, 0.15) is 33.1 Å². The molecule has 0 N–H and O–H groups in total. The fourth-order valence-corrected chi connectivity index (χ4v) is 4.82. The second-order valence-corrected chi connectivity index (χ2v) is 9.17. The summed E-state index contributed by atoms with van der Waals surface area (Å²) in [4.78, 5) is 24.7. The molecule has 3 aromatic heterocycles. The number of hydrogen-bond acceptors (Lipinski definition) is 6. The third-order valence-electron chi connectivity index (χ3n) is 6.74. The number of fused-ring (bicyclic) bond motifs is 1. The second-order valence-electron chi connectivity index (χ2n) is 9.17. The van der Waals surface area contributed by atoms with Gasteiger partial charge in [0, 0.05) is 56.2 Å². The van der Waals surface area contributed by atoms with Crippen molar-refractivity contribution in [3.05, 3.63) is 65.6 Å². The summed E-state index contributed by atoms with van der Waals surface area (Å²) in [5.41, 5.74) is 2.31. The monoisotopic (exact) mass is 458 g/mol. The summed E-state index contributed by atoms with van der Waals surface area (Å²) in [5.74, 6) is 1.23. The number of aromatic nitrogens is 5. The van der Waals surface area contributed by atoms with Crippen molar-refractivity contribution in [1.82, 2.24) is 29.2 Å². The van der Waals surface area contributed by atoms with E-state index in [-0.39, 0.29) is 5.56 Å². The van der Waals surface area contributed by atoms with Crippen LogP contribution in [0.15, 0.2) is 60.0 Å². The van der Waals surface area contributed by atoms with E-state index in [0.717, 1.165) is 17.8 Å². The molecule has 0 amide bonds. The Balaban J connectivity index is 1.37. The lowest BCUT2D eigenvalue weighted by atomic mass is 9.98. The van der Waals surface area contributed by atoms with Crippen molar-refractivity contribution >= 4 is 10.9 Å². The summed E-state index contributed by atoms with van der Waals surface area (Å²) in [6.07, 6.45) is 10.7. The van der Waals surface area contributed by atoms with Crippen LogP contribution in [0.25, 0.3) is 22.2 Å². The van der Waals surface area contributed by atoms with E-state index < -0.39 is 0 Å². The largest absolute Gasteiger partial charge is 0.457 e. The molecular formula is C26H30N6O2. The molecular weight excluding hydrogens is 428 g/mol. The van der Waals surface area contributed by atoms with E-state index in [0.29, 0.717) is 41.0 Å². The Morgan fingerprint density at radius 3 is 2.59 bits per heavy atom. The molecule has 176 valence electrons. The number of hydrogen-bond donors (Lipinski definition) is 0. The van der Waals surface area contributed by atoms with E-state index in [4.69, 9.17) is 4.74 Å². The number of aryl methyl sites for hydroxylation is 1. The summed E-state index contributed by atoms with van der Waals surface area (Å²) >= 11 is 0. The Morgan fingerprint density at radius 2 is 1.82 bits per heavy atom. The van der Waals surface area contributed by atoms with Gasteiger partial charge in [-0.3, -0.25) is 23.9 Å². The maximum atomic E-state index is 13.2. The lowest BCUT2D eigenvalue weighted by molar-refractivity contribution is 0.0987. The lowest BCUT2D eigenvalue weighted by Crippen LogP contribution is -2.45. The number of nitrogens with zero attached hydrogens (tertiary/aromatic N) is 6. The number of rotatable bonds is 6. The first-order valence-electron chi connectivity index (χ1n) is 11.9. The zero-order chi connectivity index (χ0) is 23.7. The predicted molar refractivity (Wildman–Crippen MR) is 132 cm³/mol. The number of benzene rings is 1. The van der Waals surface area contributed by atoms with Gasteiger partial charge >= 0.3 is 0 Å². The van der Waals surface area contributed by atoms with Crippen molar-refractivity contribution in [3.8, 4) is 22.8 Å². The van der Waals surface area contributed by atoms with Gasteiger partial charge in [-0.05, 0) is 51.0 Å². The molecule has 1 aliphatic heterocycles. The molecule has 5 rings (SSSR count). The van der Waals surface area contributed by atoms with Gasteiger partial charge in [-0.15, -0.1) is 0 Å². The minimum atomic E-state index is -0.0430. The first-order valence-corrected chi connectivity index (χ1v) is 11.9. The highest BCUT2D eigenvalue weighted by molar-refractivity contribution is 5.79. The number of likely N-dealkylation sites (tertiary alicyclic amines) is 1. The average molecular weight is 459 g/mol. The van der Waals surface area contributed by atoms with Crippen LogP contribution in [-0.4, -0.2) is 47.8 Å². The van der Waals surface area contributed by atoms with Crippen molar-refractivity contribution in [2.75, 3.05) is 6.54 Å². The Kier molecular flexibility index (Phi) is 6.15. The third-order valence-corrected chi connectivity index (χ3v) is 6.74. The predicted octanol–water partition coefficient (Wildman–Crippen LogP) is 4.25. The molecule has 1 aliphatic rings. The molecule has 0 radical (unpaired) electrons. The van der Waals surface area contributed by atoms with Gasteiger partial charge in [0.15, 0.2) is 0 Å². The maximum absolute atomic E-state index is 13.2. The SMILES string of the molecule is C[C@@H]1CCC[C@H](C)N1CCn1cnc2ccc(Oc3ccnc(-c4cnn(C)c4)c3)cc2c1=O. The third kappa shape index (κ3) is 4.59. The first-order chi connectivity index (χ1) is 16.5. The number of ether oxygens (including phenoxy) is 1. The van der Waals surface area contributed by atoms with E-state index in [1.807, 2.05) is 31.4 Å². The highest BCUT2D eigenvalue weighted by Crippen LogP contribution is 2.27.